The van der Waals surface area contributed by atoms with Gasteiger partial charge in [-0.2, -0.15) is 4.52 Å². The summed E-state index contributed by atoms with van der Waals surface area (Å²) in [4.78, 5) is 8.55. The summed E-state index contributed by atoms with van der Waals surface area (Å²) in [5.41, 5.74) is 6.06. The van der Waals surface area contributed by atoms with E-state index in [1.54, 1.807) is 0 Å². The fourth-order valence-electron chi connectivity index (χ4n) is 3.23. The Morgan fingerprint density at radius 1 is 1.15 bits per heavy atom. The first-order valence-electron chi connectivity index (χ1n) is 8.40. The van der Waals surface area contributed by atoms with Crippen molar-refractivity contribution in [3.05, 3.63) is 41.2 Å². The molecule has 6 nitrogen and oxygen atoms in total. The molecule has 2 heterocycles. The molecule has 0 radical (unpaired) electrons. The lowest BCUT2D eigenvalue weighted by Gasteiger charge is -2.27. The Bertz CT molecular complexity index is 932. The Balaban J connectivity index is 1.79. The molecule has 9 heteroatoms. The van der Waals surface area contributed by atoms with Gasteiger partial charge in [-0.15, -0.1) is 5.10 Å². The van der Waals surface area contributed by atoms with Gasteiger partial charge in [0, 0.05) is 12.1 Å². The minimum Gasteiger partial charge on any atom is -0.364 e. The fourth-order valence-corrected chi connectivity index (χ4v) is 3.39. The van der Waals surface area contributed by atoms with Gasteiger partial charge in [-0.05, 0) is 37.8 Å². The zero-order valence-electron chi connectivity index (χ0n) is 13.8. The van der Waals surface area contributed by atoms with Gasteiger partial charge in [-0.3, -0.25) is 0 Å². The molecule has 1 aromatic carbocycles. The van der Waals surface area contributed by atoms with Crippen LogP contribution in [-0.4, -0.2) is 31.7 Å². The molecule has 1 saturated carbocycles. The van der Waals surface area contributed by atoms with Crippen LogP contribution in [0.2, 0.25) is 5.15 Å². The maximum atomic E-state index is 14.2. The van der Waals surface area contributed by atoms with Crippen LogP contribution in [0.3, 0.4) is 0 Å². The third-order valence-electron chi connectivity index (χ3n) is 4.62. The van der Waals surface area contributed by atoms with Crippen molar-refractivity contribution in [1.29, 1.82) is 0 Å². The van der Waals surface area contributed by atoms with Crippen LogP contribution in [-0.2, 0) is 0 Å². The number of nitrogens with two attached hydrogens (primary N) is 1. The standard InChI is InChI=1S/C17H17ClF2N6/c18-13-8-22-17-16(23-10-6-4-9(21)5-7-10)24-15(25-26(13)17)14-11(19)2-1-3-12(14)20/h1-3,8-10H,4-7,21H2,(H,23,24,25). The third kappa shape index (κ3) is 3.10. The van der Waals surface area contributed by atoms with Crippen LogP contribution >= 0.6 is 11.6 Å². The van der Waals surface area contributed by atoms with Crippen LogP contribution < -0.4 is 11.1 Å². The lowest BCUT2D eigenvalue weighted by atomic mass is 9.92. The van der Waals surface area contributed by atoms with Gasteiger partial charge in [-0.1, -0.05) is 17.7 Å². The van der Waals surface area contributed by atoms with Crippen molar-refractivity contribution in [2.75, 3.05) is 5.32 Å². The lowest BCUT2D eigenvalue weighted by Crippen LogP contribution is -2.33. The Kier molecular flexibility index (Phi) is 4.46. The second-order valence-electron chi connectivity index (χ2n) is 6.45. The smallest absolute Gasteiger partial charge is 0.198 e. The van der Waals surface area contributed by atoms with Crippen LogP contribution in [0.1, 0.15) is 25.7 Å². The van der Waals surface area contributed by atoms with Crippen molar-refractivity contribution >= 4 is 23.1 Å². The molecule has 26 heavy (non-hydrogen) atoms. The highest BCUT2D eigenvalue weighted by atomic mass is 35.5. The number of hydrogen-bond acceptors (Lipinski definition) is 5. The molecule has 0 bridgehead atoms. The number of benzene rings is 1. The fraction of sp³-hybridized carbons (Fsp3) is 0.353. The lowest BCUT2D eigenvalue weighted by molar-refractivity contribution is 0.410. The number of nitrogens with one attached hydrogen (secondary N) is 1. The molecule has 1 fully saturated rings. The molecule has 0 amide bonds. The predicted molar refractivity (Wildman–Crippen MR) is 95.0 cm³/mol. The molecule has 3 N–H and O–H groups in total. The van der Waals surface area contributed by atoms with E-state index in [1.165, 1.54) is 16.8 Å². The Hall–Kier alpha value is -2.32. The second-order valence-corrected chi connectivity index (χ2v) is 6.84. The molecule has 3 aromatic rings. The molecule has 4 rings (SSSR count). The first-order valence-corrected chi connectivity index (χ1v) is 8.78. The van der Waals surface area contributed by atoms with Gasteiger partial charge in [0.1, 0.15) is 11.6 Å². The molecule has 0 spiro atoms. The maximum Gasteiger partial charge on any atom is 0.198 e. The van der Waals surface area contributed by atoms with Crippen molar-refractivity contribution in [3.63, 3.8) is 0 Å². The van der Waals surface area contributed by atoms with E-state index in [-0.39, 0.29) is 28.6 Å². The average Bonchev–Trinajstić information content (AvgIpc) is 2.98. The van der Waals surface area contributed by atoms with Crippen molar-refractivity contribution in [3.8, 4) is 11.4 Å². The molecule has 1 aliphatic rings. The summed E-state index contributed by atoms with van der Waals surface area (Å²) >= 11 is 6.12. The summed E-state index contributed by atoms with van der Waals surface area (Å²) in [6, 6.07) is 3.99. The second kappa shape index (κ2) is 6.77. The number of aromatic nitrogens is 4. The number of anilines is 1. The van der Waals surface area contributed by atoms with Crippen molar-refractivity contribution in [2.24, 2.45) is 5.73 Å². The topological polar surface area (TPSA) is 81.1 Å². The van der Waals surface area contributed by atoms with Crippen LogP contribution in [0.5, 0.6) is 0 Å². The van der Waals surface area contributed by atoms with Gasteiger partial charge >= 0.3 is 0 Å². The molecule has 0 aliphatic heterocycles. The van der Waals surface area contributed by atoms with Gasteiger partial charge in [0.15, 0.2) is 22.4 Å². The zero-order chi connectivity index (χ0) is 18.3. The minimum atomic E-state index is -0.741. The van der Waals surface area contributed by atoms with E-state index in [1.807, 2.05) is 0 Å². The summed E-state index contributed by atoms with van der Waals surface area (Å²) in [5, 5.41) is 7.71. The number of hydrogen-bond donors (Lipinski definition) is 2. The molecular formula is C17H17ClF2N6. The Labute approximate surface area is 153 Å². The van der Waals surface area contributed by atoms with E-state index < -0.39 is 11.6 Å². The normalized spacial score (nSPS) is 20.5. The van der Waals surface area contributed by atoms with Gasteiger partial charge in [0.25, 0.3) is 0 Å². The van der Waals surface area contributed by atoms with Crippen molar-refractivity contribution in [2.45, 2.75) is 37.8 Å². The summed E-state index contributed by atoms with van der Waals surface area (Å²) < 4.78 is 29.7. The highest BCUT2D eigenvalue weighted by Crippen LogP contribution is 2.28. The van der Waals surface area contributed by atoms with Crippen molar-refractivity contribution < 1.29 is 8.78 Å². The van der Waals surface area contributed by atoms with Gasteiger partial charge < -0.3 is 11.1 Å². The quantitative estimate of drug-likeness (QED) is 0.730. The zero-order valence-corrected chi connectivity index (χ0v) is 14.5. The Morgan fingerprint density at radius 2 is 1.85 bits per heavy atom. The molecule has 1 aliphatic carbocycles. The molecule has 2 aromatic heterocycles. The van der Waals surface area contributed by atoms with Crippen LogP contribution in [0.25, 0.3) is 17.0 Å². The summed E-state index contributed by atoms with van der Waals surface area (Å²) in [6.45, 7) is 0. The van der Waals surface area contributed by atoms with Crippen molar-refractivity contribution in [1.82, 2.24) is 19.6 Å². The van der Waals surface area contributed by atoms with Crippen LogP contribution in [0.4, 0.5) is 14.6 Å². The minimum absolute atomic E-state index is 0.0944. The highest BCUT2D eigenvalue weighted by molar-refractivity contribution is 6.29. The summed E-state index contributed by atoms with van der Waals surface area (Å²) in [5.74, 6) is -1.18. The molecule has 0 atom stereocenters. The number of rotatable bonds is 3. The molecule has 0 saturated heterocycles. The van der Waals surface area contributed by atoms with E-state index >= 15 is 0 Å². The van der Waals surface area contributed by atoms with Gasteiger partial charge in [-0.25, -0.2) is 18.7 Å². The van der Waals surface area contributed by atoms with E-state index in [0.29, 0.717) is 11.5 Å². The molecule has 136 valence electrons. The van der Waals surface area contributed by atoms with Crippen LogP contribution in [0.15, 0.2) is 24.4 Å². The number of imidazole rings is 1. The molecular weight excluding hydrogens is 362 g/mol. The maximum absolute atomic E-state index is 14.2. The first-order chi connectivity index (χ1) is 12.5. The average molecular weight is 379 g/mol. The summed E-state index contributed by atoms with van der Waals surface area (Å²) in [6.07, 6.45) is 5.01. The SMILES string of the molecule is NC1CCC(Nc2nc(-c3c(F)cccc3F)nn3c(Cl)cnc23)CC1. The third-order valence-corrected chi connectivity index (χ3v) is 4.88. The molecule has 0 unspecified atom stereocenters. The Morgan fingerprint density at radius 3 is 2.54 bits per heavy atom. The van der Waals surface area contributed by atoms with E-state index in [4.69, 9.17) is 17.3 Å². The predicted octanol–water partition coefficient (Wildman–Crippen LogP) is 3.40. The summed E-state index contributed by atoms with van der Waals surface area (Å²) in [7, 11) is 0. The van der Waals surface area contributed by atoms with Gasteiger partial charge in [0.05, 0.1) is 11.8 Å². The largest absolute Gasteiger partial charge is 0.364 e. The van der Waals surface area contributed by atoms with E-state index in [0.717, 1.165) is 37.8 Å². The number of halogens is 3. The number of fused-ring (bicyclic) bond motifs is 1. The van der Waals surface area contributed by atoms with E-state index in [2.05, 4.69) is 20.4 Å². The highest BCUT2D eigenvalue weighted by Gasteiger charge is 2.23. The number of nitrogens with zero attached hydrogens (tertiary/aromatic N) is 4. The monoisotopic (exact) mass is 378 g/mol. The van der Waals surface area contributed by atoms with Crippen LogP contribution in [0, 0.1) is 11.6 Å². The van der Waals surface area contributed by atoms with Gasteiger partial charge in [0.2, 0.25) is 0 Å². The van der Waals surface area contributed by atoms with E-state index in [9.17, 15) is 8.78 Å². The first kappa shape index (κ1) is 17.1.